The van der Waals surface area contributed by atoms with E-state index in [1.165, 1.54) is 11.1 Å². The lowest BCUT2D eigenvalue weighted by molar-refractivity contribution is -0.121. The van der Waals surface area contributed by atoms with Crippen molar-refractivity contribution in [3.63, 3.8) is 0 Å². The molecule has 0 saturated heterocycles. The number of benzene rings is 2. The van der Waals surface area contributed by atoms with Crippen molar-refractivity contribution >= 4 is 5.91 Å². The summed E-state index contributed by atoms with van der Waals surface area (Å²) in [5.41, 5.74) is 3.51. The van der Waals surface area contributed by atoms with Gasteiger partial charge < -0.3 is 10.1 Å². The number of amides is 1. The average Bonchev–Trinajstić information content (AvgIpc) is 2.58. The number of para-hydroxylation sites is 1. The molecule has 0 atom stereocenters. The van der Waals surface area contributed by atoms with Gasteiger partial charge in [0.1, 0.15) is 5.75 Å². The lowest BCUT2D eigenvalue weighted by atomic mass is 10.0. The summed E-state index contributed by atoms with van der Waals surface area (Å²) < 4.78 is 5.29. The third-order valence-electron chi connectivity index (χ3n) is 3.96. The summed E-state index contributed by atoms with van der Waals surface area (Å²) in [5.74, 6) is 1.40. The van der Waals surface area contributed by atoms with Crippen LogP contribution < -0.4 is 10.1 Å². The van der Waals surface area contributed by atoms with Crippen molar-refractivity contribution in [1.82, 2.24) is 5.32 Å². The van der Waals surface area contributed by atoms with Crippen LogP contribution in [0.25, 0.3) is 0 Å². The molecule has 0 fully saturated rings. The molecule has 2 aromatic rings. The molecule has 2 aromatic carbocycles. The third kappa shape index (κ3) is 5.13. The monoisotopic (exact) mass is 311 g/mol. The fourth-order valence-corrected chi connectivity index (χ4v) is 2.46. The summed E-state index contributed by atoms with van der Waals surface area (Å²) in [4.78, 5) is 12.0. The normalized spacial score (nSPS) is 10.6. The zero-order valence-corrected chi connectivity index (χ0v) is 14.1. The standard InChI is InChI=1S/C20H25NO2/c1-15(2)17-11-8-16(9-12-17)10-13-20(22)21-14-18-6-4-5-7-19(18)23-3/h4-9,11-12,15H,10,13-14H2,1-3H3,(H,21,22). The Balaban J connectivity index is 1.81. The van der Waals surface area contributed by atoms with Crippen LogP contribution in [0.5, 0.6) is 5.75 Å². The number of carbonyl (C=O) groups is 1. The summed E-state index contributed by atoms with van der Waals surface area (Å²) in [6, 6.07) is 16.2. The SMILES string of the molecule is COc1ccccc1CNC(=O)CCc1ccc(C(C)C)cc1. The molecule has 0 aliphatic carbocycles. The van der Waals surface area contributed by atoms with Gasteiger partial charge in [0, 0.05) is 18.5 Å². The molecule has 0 bridgehead atoms. The fourth-order valence-electron chi connectivity index (χ4n) is 2.46. The maximum Gasteiger partial charge on any atom is 0.220 e. The van der Waals surface area contributed by atoms with Gasteiger partial charge in [-0.05, 0) is 29.5 Å². The summed E-state index contributed by atoms with van der Waals surface area (Å²) in [6.07, 6.45) is 1.26. The van der Waals surface area contributed by atoms with Crippen LogP contribution in [0.15, 0.2) is 48.5 Å². The fraction of sp³-hybridized carbons (Fsp3) is 0.350. The number of carbonyl (C=O) groups excluding carboxylic acids is 1. The lowest BCUT2D eigenvalue weighted by Crippen LogP contribution is -2.23. The maximum atomic E-state index is 12.0. The molecular weight excluding hydrogens is 286 g/mol. The Hall–Kier alpha value is -2.29. The Kier molecular flexibility index (Phi) is 6.21. The molecule has 0 saturated carbocycles. The van der Waals surface area contributed by atoms with E-state index in [4.69, 9.17) is 4.74 Å². The highest BCUT2D eigenvalue weighted by molar-refractivity contribution is 5.76. The van der Waals surface area contributed by atoms with E-state index in [2.05, 4.69) is 43.4 Å². The molecule has 0 unspecified atom stereocenters. The average molecular weight is 311 g/mol. The number of rotatable bonds is 7. The van der Waals surface area contributed by atoms with E-state index in [0.29, 0.717) is 18.9 Å². The van der Waals surface area contributed by atoms with Gasteiger partial charge in [0.25, 0.3) is 0 Å². The van der Waals surface area contributed by atoms with Crippen LogP contribution in [-0.2, 0) is 17.8 Å². The number of ether oxygens (including phenoxy) is 1. The van der Waals surface area contributed by atoms with E-state index in [1.54, 1.807) is 7.11 Å². The van der Waals surface area contributed by atoms with Gasteiger partial charge in [0.05, 0.1) is 7.11 Å². The van der Waals surface area contributed by atoms with Gasteiger partial charge >= 0.3 is 0 Å². The molecule has 3 nitrogen and oxygen atoms in total. The van der Waals surface area contributed by atoms with Crippen molar-refractivity contribution in [3.05, 3.63) is 65.2 Å². The minimum absolute atomic E-state index is 0.0591. The van der Waals surface area contributed by atoms with E-state index in [9.17, 15) is 4.79 Å². The van der Waals surface area contributed by atoms with Crippen LogP contribution in [0.3, 0.4) is 0 Å². The first-order chi connectivity index (χ1) is 11.1. The quantitative estimate of drug-likeness (QED) is 0.837. The lowest BCUT2D eigenvalue weighted by Gasteiger charge is -2.10. The van der Waals surface area contributed by atoms with E-state index < -0.39 is 0 Å². The number of nitrogens with one attached hydrogen (secondary N) is 1. The predicted octanol–water partition coefficient (Wildman–Crippen LogP) is 4.07. The summed E-state index contributed by atoms with van der Waals surface area (Å²) in [6.45, 7) is 4.86. The smallest absolute Gasteiger partial charge is 0.220 e. The van der Waals surface area contributed by atoms with Crippen LogP contribution in [0.4, 0.5) is 0 Å². The van der Waals surface area contributed by atoms with Crippen LogP contribution >= 0.6 is 0 Å². The summed E-state index contributed by atoms with van der Waals surface area (Å²) in [5, 5.41) is 2.95. The Bertz CT molecular complexity index is 632. The number of hydrogen-bond acceptors (Lipinski definition) is 2. The zero-order valence-electron chi connectivity index (χ0n) is 14.1. The Morgan fingerprint density at radius 3 is 2.43 bits per heavy atom. The highest BCUT2D eigenvalue weighted by Gasteiger charge is 2.06. The van der Waals surface area contributed by atoms with Crippen LogP contribution in [0, 0.1) is 0 Å². The van der Waals surface area contributed by atoms with Crippen molar-refractivity contribution in [2.75, 3.05) is 7.11 Å². The second kappa shape index (κ2) is 8.37. The molecule has 3 heteroatoms. The largest absolute Gasteiger partial charge is 0.496 e. The third-order valence-corrected chi connectivity index (χ3v) is 3.96. The van der Waals surface area contributed by atoms with Gasteiger partial charge in [-0.2, -0.15) is 0 Å². The molecule has 0 spiro atoms. The number of hydrogen-bond donors (Lipinski definition) is 1. The van der Waals surface area contributed by atoms with Gasteiger partial charge in [-0.3, -0.25) is 4.79 Å². The van der Waals surface area contributed by atoms with Crippen molar-refractivity contribution in [2.45, 2.75) is 39.2 Å². The molecule has 1 N–H and O–H groups in total. The Morgan fingerprint density at radius 2 is 1.78 bits per heavy atom. The second-order valence-electron chi connectivity index (χ2n) is 5.98. The minimum atomic E-state index is 0.0591. The first-order valence-corrected chi connectivity index (χ1v) is 8.07. The van der Waals surface area contributed by atoms with E-state index in [1.807, 2.05) is 24.3 Å². The molecule has 0 aliphatic rings. The Morgan fingerprint density at radius 1 is 1.09 bits per heavy atom. The predicted molar refractivity (Wildman–Crippen MR) is 93.7 cm³/mol. The molecule has 0 aliphatic heterocycles. The molecule has 0 radical (unpaired) electrons. The van der Waals surface area contributed by atoms with Crippen LogP contribution in [-0.4, -0.2) is 13.0 Å². The highest BCUT2D eigenvalue weighted by atomic mass is 16.5. The van der Waals surface area contributed by atoms with Crippen molar-refractivity contribution in [3.8, 4) is 5.75 Å². The van der Waals surface area contributed by atoms with Crippen LogP contribution in [0.1, 0.15) is 42.9 Å². The summed E-state index contributed by atoms with van der Waals surface area (Å²) in [7, 11) is 1.64. The van der Waals surface area contributed by atoms with Crippen molar-refractivity contribution < 1.29 is 9.53 Å². The first-order valence-electron chi connectivity index (χ1n) is 8.07. The maximum absolute atomic E-state index is 12.0. The number of aryl methyl sites for hydroxylation is 1. The van der Waals surface area contributed by atoms with E-state index in [-0.39, 0.29) is 5.91 Å². The van der Waals surface area contributed by atoms with Gasteiger partial charge in [-0.1, -0.05) is 56.3 Å². The van der Waals surface area contributed by atoms with E-state index in [0.717, 1.165) is 17.7 Å². The number of methoxy groups -OCH3 is 1. The molecule has 122 valence electrons. The molecule has 2 rings (SSSR count). The Labute approximate surface area is 138 Å². The first kappa shape index (κ1) is 17.1. The zero-order chi connectivity index (χ0) is 16.7. The van der Waals surface area contributed by atoms with E-state index >= 15 is 0 Å². The van der Waals surface area contributed by atoms with Crippen molar-refractivity contribution in [1.29, 1.82) is 0 Å². The van der Waals surface area contributed by atoms with Gasteiger partial charge in [-0.25, -0.2) is 0 Å². The molecule has 0 heterocycles. The molecular formula is C20H25NO2. The highest BCUT2D eigenvalue weighted by Crippen LogP contribution is 2.17. The second-order valence-corrected chi connectivity index (χ2v) is 5.98. The summed E-state index contributed by atoms with van der Waals surface area (Å²) >= 11 is 0. The molecule has 23 heavy (non-hydrogen) atoms. The van der Waals surface area contributed by atoms with Gasteiger partial charge in [-0.15, -0.1) is 0 Å². The van der Waals surface area contributed by atoms with Gasteiger partial charge in [0.2, 0.25) is 5.91 Å². The molecule has 1 amide bonds. The minimum Gasteiger partial charge on any atom is -0.496 e. The van der Waals surface area contributed by atoms with Crippen LogP contribution in [0.2, 0.25) is 0 Å². The topological polar surface area (TPSA) is 38.3 Å². The molecule has 0 aromatic heterocycles. The van der Waals surface area contributed by atoms with Crippen molar-refractivity contribution in [2.24, 2.45) is 0 Å². The van der Waals surface area contributed by atoms with Gasteiger partial charge in [0.15, 0.2) is 0 Å².